The first-order valence-electron chi connectivity index (χ1n) is 10.9. The van der Waals surface area contributed by atoms with E-state index in [0.717, 1.165) is 17.5 Å². The third kappa shape index (κ3) is 7.24. The lowest BCUT2D eigenvalue weighted by Crippen LogP contribution is -2.32. The number of hydrogen-bond donors (Lipinski definition) is 4. The molecule has 2 aromatic carbocycles. The van der Waals surface area contributed by atoms with Crippen molar-refractivity contribution in [3.05, 3.63) is 41.5 Å². The molecule has 0 aromatic heterocycles. The van der Waals surface area contributed by atoms with Gasteiger partial charge in [-0.1, -0.05) is 6.07 Å². The van der Waals surface area contributed by atoms with Crippen LogP contribution in [0.4, 0.5) is 11.4 Å². The van der Waals surface area contributed by atoms with E-state index in [4.69, 9.17) is 14.2 Å². The maximum Gasteiger partial charge on any atom is 0.224 e. The molecule has 0 saturated heterocycles. The van der Waals surface area contributed by atoms with Crippen molar-refractivity contribution in [3.8, 4) is 17.2 Å². The summed E-state index contributed by atoms with van der Waals surface area (Å²) >= 11 is 0. The predicted octanol–water partition coefficient (Wildman–Crippen LogP) is 2.54. The number of amides is 2. The van der Waals surface area contributed by atoms with Gasteiger partial charge in [0.1, 0.15) is 18.5 Å². The molecule has 2 amide bonds. The number of rotatable bonds is 11. The second-order valence-corrected chi connectivity index (χ2v) is 7.80. The van der Waals surface area contributed by atoms with Crippen molar-refractivity contribution in [2.75, 3.05) is 44.5 Å². The second kappa shape index (κ2) is 13.0. The average Bonchev–Trinajstić information content (AvgIpc) is 2.80. The maximum absolute atomic E-state index is 11.8. The van der Waals surface area contributed by atoms with E-state index in [1.807, 2.05) is 18.2 Å². The molecule has 34 heavy (non-hydrogen) atoms. The van der Waals surface area contributed by atoms with E-state index in [9.17, 15) is 14.7 Å². The number of nitrogens with one attached hydrogen (secondary N) is 3. The molecule has 0 saturated carbocycles. The Morgan fingerprint density at radius 1 is 1.12 bits per heavy atom. The molecule has 0 bridgehead atoms. The minimum absolute atomic E-state index is 0. The number of aliphatic hydroxyl groups excluding tert-OH is 1. The van der Waals surface area contributed by atoms with E-state index in [2.05, 4.69) is 16.0 Å². The van der Waals surface area contributed by atoms with Crippen LogP contribution in [0.2, 0.25) is 0 Å². The zero-order chi connectivity index (χ0) is 23.8. The highest BCUT2D eigenvalue weighted by atomic mass is 35.5. The van der Waals surface area contributed by atoms with Crippen molar-refractivity contribution in [2.45, 2.75) is 32.3 Å². The molecule has 3 rings (SSSR count). The van der Waals surface area contributed by atoms with Crippen molar-refractivity contribution >= 4 is 35.6 Å². The summed E-state index contributed by atoms with van der Waals surface area (Å²) in [4.78, 5) is 23.3. The zero-order valence-electron chi connectivity index (χ0n) is 19.6. The SMILES string of the molecule is COc1ccc(CCNCC(O)COc2ccc(NC(C)=O)c3c2CCC(=O)N3)cc1OC.Cl. The molecule has 1 aliphatic heterocycles. The first-order valence-corrected chi connectivity index (χ1v) is 10.9. The highest BCUT2D eigenvalue weighted by molar-refractivity contribution is 6.02. The fourth-order valence-corrected chi connectivity index (χ4v) is 3.67. The predicted molar refractivity (Wildman–Crippen MR) is 133 cm³/mol. The minimum atomic E-state index is -0.709. The third-order valence-electron chi connectivity index (χ3n) is 5.30. The van der Waals surface area contributed by atoms with Gasteiger partial charge in [-0.2, -0.15) is 0 Å². The Bertz CT molecular complexity index is 1000. The molecular weight excluding hydrogens is 462 g/mol. The smallest absolute Gasteiger partial charge is 0.224 e. The van der Waals surface area contributed by atoms with Crippen molar-refractivity contribution in [3.63, 3.8) is 0 Å². The summed E-state index contributed by atoms with van der Waals surface area (Å²) in [5.41, 5.74) is 3.00. The normalized spacial score (nSPS) is 13.1. The van der Waals surface area contributed by atoms with Gasteiger partial charge >= 0.3 is 0 Å². The monoisotopic (exact) mass is 493 g/mol. The van der Waals surface area contributed by atoms with Gasteiger partial charge in [-0.3, -0.25) is 9.59 Å². The van der Waals surface area contributed by atoms with E-state index >= 15 is 0 Å². The molecule has 0 radical (unpaired) electrons. The Labute approximate surface area is 205 Å². The molecule has 0 spiro atoms. The molecule has 1 heterocycles. The first kappa shape index (κ1) is 27.2. The molecule has 1 aliphatic rings. The van der Waals surface area contributed by atoms with Crippen molar-refractivity contribution < 1.29 is 28.9 Å². The highest BCUT2D eigenvalue weighted by Crippen LogP contribution is 2.37. The number of methoxy groups -OCH3 is 2. The molecule has 0 aliphatic carbocycles. The lowest BCUT2D eigenvalue weighted by molar-refractivity contribution is -0.116. The van der Waals surface area contributed by atoms with Gasteiger partial charge in [0, 0.05) is 25.5 Å². The Morgan fingerprint density at radius 2 is 1.85 bits per heavy atom. The van der Waals surface area contributed by atoms with Gasteiger partial charge in [0.25, 0.3) is 0 Å². The van der Waals surface area contributed by atoms with E-state index in [0.29, 0.717) is 54.6 Å². The molecule has 1 atom stereocenters. The maximum atomic E-state index is 11.8. The molecule has 10 heteroatoms. The standard InChI is InChI=1S/C24H31N3O6.ClH/c1-15(28)26-19-6-8-20(18-5-9-23(30)27-24(18)19)33-14-17(29)13-25-11-10-16-4-7-21(31-2)22(12-16)32-3;/h4,6-8,12,17,25,29H,5,9-11,13-14H2,1-3H3,(H,26,28)(H,27,30);1H. The van der Waals surface area contributed by atoms with Crippen molar-refractivity contribution in [2.24, 2.45) is 0 Å². The summed E-state index contributed by atoms with van der Waals surface area (Å²) in [6.07, 6.45) is 0.905. The molecule has 2 aromatic rings. The Morgan fingerprint density at radius 3 is 2.56 bits per heavy atom. The van der Waals surface area contributed by atoms with Gasteiger partial charge in [0.2, 0.25) is 11.8 Å². The fourth-order valence-electron chi connectivity index (χ4n) is 3.67. The topological polar surface area (TPSA) is 118 Å². The zero-order valence-corrected chi connectivity index (χ0v) is 20.4. The molecule has 9 nitrogen and oxygen atoms in total. The van der Waals surface area contributed by atoms with E-state index < -0.39 is 6.10 Å². The van der Waals surface area contributed by atoms with Gasteiger partial charge < -0.3 is 35.3 Å². The van der Waals surface area contributed by atoms with Crippen LogP contribution in [0.25, 0.3) is 0 Å². The number of ether oxygens (including phenoxy) is 3. The number of hydrogen-bond acceptors (Lipinski definition) is 7. The van der Waals surface area contributed by atoms with Crippen LogP contribution in [0.1, 0.15) is 24.5 Å². The second-order valence-electron chi connectivity index (χ2n) is 7.80. The van der Waals surface area contributed by atoms with Crippen LogP contribution >= 0.6 is 12.4 Å². The third-order valence-corrected chi connectivity index (χ3v) is 5.30. The highest BCUT2D eigenvalue weighted by Gasteiger charge is 2.23. The quantitative estimate of drug-likeness (QED) is 0.355. The summed E-state index contributed by atoms with van der Waals surface area (Å²) in [6.45, 7) is 2.56. The Balaban J connectivity index is 0.00000408. The number of benzene rings is 2. The average molecular weight is 494 g/mol. The van der Waals surface area contributed by atoms with Crippen LogP contribution in [0.3, 0.4) is 0 Å². The number of fused-ring (bicyclic) bond motifs is 1. The molecule has 1 unspecified atom stereocenters. The van der Waals surface area contributed by atoms with Crippen LogP contribution in [0.15, 0.2) is 30.3 Å². The van der Waals surface area contributed by atoms with Gasteiger partial charge in [0.05, 0.1) is 25.6 Å². The molecule has 4 N–H and O–H groups in total. The Hall–Kier alpha value is -3.01. The number of carbonyl (C=O) groups excluding carboxylic acids is 2. The van der Waals surface area contributed by atoms with E-state index in [1.54, 1.807) is 26.4 Å². The van der Waals surface area contributed by atoms with Crippen LogP contribution < -0.4 is 30.2 Å². The van der Waals surface area contributed by atoms with Gasteiger partial charge in [-0.25, -0.2) is 0 Å². The number of carbonyl (C=O) groups is 2. The van der Waals surface area contributed by atoms with Gasteiger partial charge in [0.15, 0.2) is 11.5 Å². The summed E-state index contributed by atoms with van der Waals surface area (Å²) in [7, 11) is 3.21. The Kier molecular flexibility index (Phi) is 10.4. The fraction of sp³-hybridized carbons (Fsp3) is 0.417. The van der Waals surface area contributed by atoms with Crippen molar-refractivity contribution in [1.29, 1.82) is 0 Å². The van der Waals surface area contributed by atoms with Crippen molar-refractivity contribution in [1.82, 2.24) is 5.32 Å². The lowest BCUT2D eigenvalue weighted by Gasteiger charge is -2.24. The van der Waals surface area contributed by atoms with E-state index in [-0.39, 0.29) is 30.8 Å². The summed E-state index contributed by atoms with van der Waals surface area (Å²) in [5, 5.41) is 19.1. The first-order chi connectivity index (χ1) is 15.9. The van der Waals surface area contributed by atoms with Gasteiger partial charge in [-0.15, -0.1) is 12.4 Å². The number of aliphatic hydroxyl groups is 1. The number of halogens is 1. The molecule has 0 fully saturated rings. The summed E-state index contributed by atoms with van der Waals surface area (Å²) < 4.78 is 16.4. The van der Waals surface area contributed by atoms with Gasteiger partial charge in [-0.05, 0) is 49.2 Å². The van der Waals surface area contributed by atoms with Crippen LogP contribution in [0.5, 0.6) is 17.2 Å². The molecule has 186 valence electrons. The van der Waals surface area contributed by atoms with Crippen LogP contribution in [-0.4, -0.2) is 56.9 Å². The van der Waals surface area contributed by atoms with Crippen LogP contribution in [0, 0.1) is 0 Å². The molecular formula is C24H32ClN3O6. The summed E-state index contributed by atoms with van der Waals surface area (Å²) in [5.74, 6) is 1.63. The van der Waals surface area contributed by atoms with Crippen LogP contribution in [-0.2, 0) is 22.4 Å². The number of anilines is 2. The van der Waals surface area contributed by atoms with E-state index in [1.165, 1.54) is 6.92 Å². The summed E-state index contributed by atoms with van der Waals surface area (Å²) in [6, 6.07) is 9.23. The lowest BCUT2D eigenvalue weighted by atomic mass is 10.0. The largest absolute Gasteiger partial charge is 0.493 e. The minimum Gasteiger partial charge on any atom is -0.493 e.